The molecular weight excluding hydrogens is 401 g/mol. The van der Waals surface area contributed by atoms with Gasteiger partial charge in [-0.2, -0.15) is 0 Å². The highest BCUT2D eigenvalue weighted by atomic mass is 35.5. The van der Waals surface area contributed by atoms with Crippen LogP contribution in [-0.2, 0) is 21.9 Å². The molecule has 0 spiro atoms. The van der Waals surface area contributed by atoms with Crippen LogP contribution in [0.3, 0.4) is 0 Å². The SMILES string of the molecule is CC(N)(CCc1ccc(C#CCCCc2ccc(Cl)cc2)o1)COP(=O)(O)O. The summed E-state index contributed by atoms with van der Waals surface area (Å²) < 4.78 is 20.9. The number of furan rings is 1. The molecule has 6 nitrogen and oxygen atoms in total. The predicted octanol–water partition coefficient (Wildman–Crippen LogP) is 4.07. The molecule has 2 rings (SSSR count). The zero-order valence-electron chi connectivity index (χ0n) is 15.7. The number of rotatable bonds is 9. The maximum Gasteiger partial charge on any atom is 0.469 e. The minimum absolute atomic E-state index is 0.238. The Morgan fingerprint density at radius 3 is 2.61 bits per heavy atom. The van der Waals surface area contributed by atoms with Crippen LogP contribution in [0, 0.1) is 11.8 Å². The highest BCUT2D eigenvalue weighted by Gasteiger charge is 2.24. The molecule has 28 heavy (non-hydrogen) atoms. The summed E-state index contributed by atoms with van der Waals surface area (Å²) in [6, 6.07) is 11.4. The normalized spacial score (nSPS) is 13.6. The average molecular weight is 426 g/mol. The van der Waals surface area contributed by atoms with Gasteiger partial charge in [0.2, 0.25) is 0 Å². The van der Waals surface area contributed by atoms with Crippen molar-refractivity contribution in [2.45, 2.75) is 44.6 Å². The number of nitrogens with two attached hydrogens (primary N) is 1. The summed E-state index contributed by atoms with van der Waals surface area (Å²) >= 11 is 5.87. The van der Waals surface area contributed by atoms with E-state index in [2.05, 4.69) is 16.4 Å². The van der Waals surface area contributed by atoms with E-state index in [-0.39, 0.29) is 6.61 Å². The smallest absolute Gasteiger partial charge is 0.453 e. The van der Waals surface area contributed by atoms with Crippen molar-refractivity contribution in [3.05, 3.63) is 58.5 Å². The van der Waals surface area contributed by atoms with E-state index in [4.69, 9.17) is 31.5 Å². The third kappa shape index (κ3) is 9.07. The molecule has 1 atom stereocenters. The Morgan fingerprint density at radius 2 is 1.93 bits per heavy atom. The van der Waals surface area contributed by atoms with Crippen LogP contribution < -0.4 is 5.73 Å². The van der Waals surface area contributed by atoms with Crippen molar-refractivity contribution in [2.75, 3.05) is 6.61 Å². The summed E-state index contributed by atoms with van der Waals surface area (Å²) in [5, 5.41) is 0.737. The fourth-order valence-electron chi connectivity index (χ4n) is 2.47. The quantitative estimate of drug-likeness (QED) is 0.318. The van der Waals surface area contributed by atoms with Gasteiger partial charge in [0.05, 0.1) is 6.61 Å². The van der Waals surface area contributed by atoms with Crippen molar-refractivity contribution < 1.29 is 23.3 Å². The predicted molar refractivity (Wildman–Crippen MR) is 109 cm³/mol. The molecule has 0 amide bonds. The van der Waals surface area contributed by atoms with Gasteiger partial charge in [0, 0.05) is 23.4 Å². The van der Waals surface area contributed by atoms with E-state index in [0.717, 1.165) is 30.0 Å². The topological polar surface area (TPSA) is 106 Å². The van der Waals surface area contributed by atoms with Crippen molar-refractivity contribution in [1.29, 1.82) is 0 Å². The van der Waals surface area contributed by atoms with E-state index in [1.54, 1.807) is 6.92 Å². The number of aryl methyl sites for hydroxylation is 2. The van der Waals surface area contributed by atoms with Gasteiger partial charge in [-0.15, -0.1) is 0 Å². The second-order valence-electron chi connectivity index (χ2n) is 6.97. The lowest BCUT2D eigenvalue weighted by Crippen LogP contribution is -2.41. The van der Waals surface area contributed by atoms with E-state index in [0.29, 0.717) is 18.6 Å². The fraction of sp³-hybridized carbons (Fsp3) is 0.400. The third-order valence-corrected chi connectivity index (χ3v) is 4.78. The van der Waals surface area contributed by atoms with Gasteiger partial charge in [0.25, 0.3) is 0 Å². The number of hydrogen-bond donors (Lipinski definition) is 3. The molecule has 0 aliphatic carbocycles. The van der Waals surface area contributed by atoms with Gasteiger partial charge in [-0.3, -0.25) is 4.52 Å². The third-order valence-electron chi connectivity index (χ3n) is 4.06. The molecule has 8 heteroatoms. The Bertz CT molecular complexity index is 861. The molecule has 152 valence electrons. The maximum absolute atomic E-state index is 10.8. The molecule has 0 fully saturated rings. The largest absolute Gasteiger partial charge is 0.469 e. The Balaban J connectivity index is 1.74. The van der Waals surface area contributed by atoms with Crippen LogP contribution in [0.5, 0.6) is 0 Å². The van der Waals surface area contributed by atoms with Gasteiger partial charge >= 0.3 is 7.82 Å². The molecule has 0 saturated carbocycles. The first-order valence-electron chi connectivity index (χ1n) is 8.94. The molecule has 0 aliphatic heterocycles. The Morgan fingerprint density at radius 1 is 1.21 bits per heavy atom. The number of unbranched alkanes of at least 4 members (excludes halogenated alkanes) is 1. The summed E-state index contributed by atoms with van der Waals surface area (Å²) in [5.74, 6) is 7.42. The standard InChI is InChI=1S/C20H25ClNO5P/c1-20(22,15-26-28(23,24)25)14-13-19-12-11-18(27-19)6-4-2-3-5-16-7-9-17(21)10-8-16/h7-12H,2-3,5,13-15,22H2,1H3,(H2,23,24,25). The van der Waals surface area contributed by atoms with Crippen LogP contribution >= 0.6 is 19.4 Å². The lowest BCUT2D eigenvalue weighted by Gasteiger charge is -2.23. The van der Waals surface area contributed by atoms with E-state index < -0.39 is 13.4 Å². The fourth-order valence-corrected chi connectivity index (χ4v) is 3.06. The molecule has 1 aromatic carbocycles. The van der Waals surface area contributed by atoms with Crippen LogP contribution in [0.15, 0.2) is 40.8 Å². The number of phosphoric acid groups is 1. The van der Waals surface area contributed by atoms with Crippen molar-refractivity contribution in [2.24, 2.45) is 5.73 Å². The van der Waals surface area contributed by atoms with Crippen molar-refractivity contribution in [3.63, 3.8) is 0 Å². The molecule has 1 heterocycles. The molecule has 0 aliphatic rings. The lowest BCUT2D eigenvalue weighted by atomic mass is 9.98. The minimum atomic E-state index is -4.52. The van der Waals surface area contributed by atoms with Gasteiger partial charge in [-0.1, -0.05) is 29.7 Å². The zero-order valence-corrected chi connectivity index (χ0v) is 17.4. The first-order chi connectivity index (χ1) is 13.1. The second-order valence-corrected chi connectivity index (χ2v) is 8.64. The number of hydrogen-bond acceptors (Lipinski definition) is 4. The number of benzene rings is 1. The van der Waals surface area contributed by atoms with Gasteiger partial charge < -0.3 is 19.9 Å². The Labute approximate surface area is 170 Å². The first-order valence-corrected chi connectivity index (χ1v) is 10.8. The summed E-state index contributed by atoms with van der Waals surface area (Å²) in [6.07, 6.45) is 3.64. The van der Waals surface area contributed by atoms with Crippen molar-refractivity contribution in [3.8, 4) is 11.8 Å². The molecule has 1 aromatic heterocycles. The summed E-state index contributed by atoms with van der Waals surface area (Å²) in [4.78, 5) is 17.5. The van der Waals surface area contributed by atoms with Gasteiger partial charge in [-0.05, 0) is 61.9 Å². The summed E-state index contributed by atoms with van der Waals surface area (Å²) in [6.45, 7) is 1.44. The van der Waals surface area contributed by atoms with Crippen molar-refractivity contribution in [1.82, 2.24) is 0 Å². The number of halogens is 1. The van der Waals surface area contributed by atoms with Crippen LogP contribution in [0.2, 0.25) is 5.02 Å². The minimum Gasteiger partial charge on any atom is -0.453 e. The second kappa shape index (κ2) is 10.3. The Kier molecular flexibility index (Phi) is 8.33. The Hall–Kier alpha value is -1.58. The molecular formula is C20H25ClNO5P. The zero-order chi connectivity index (χ0) is 20.6. The molecule has 2 aromatic rings. The van der Waals surface area contributed by atoms with Gasteiger partial charge in [0.1, 0.15) is 5.76 Å². The van der Waals surface area contributed by atoms with E-state index in [9.17, 15) is 4.57 Å². The highest BCUT2D eigenvalue weighted by Crippen LogP contribution is 2.36. The van der Waals surface area contributed by atoms with Crippen molar-refractivity contribution >= 4 is 19.4 Å². The van der Waals surface area contributed by atoms with Crippen LogP contribution in [0.4, 0.5) is 0 Å². The van der Waals surface area contributed by atoms with Crippen LogP contribution in [-0.4, -0.2) is 21.9 Å². The molecule has 0 bridgehead atoms. The molecule has 0 saturated heterocycles. The average Bonchev–Trinajstić information content (AvgIpc) is 3.07. The van der Waals surface area contributed by atoms with Gasteiger partial charge in [0.15, 0.2) is 5.76 Å². The van der Waals surface area contributed by atoms with Crippen LogP contribution in [0.25, 0.3) is 0 Å². The van der Waals surface area contributed by atoms with Gasteiger partial charge in [-0.25, -0.2) is 4.57 Å². The summed E-state index contributed by atoms with van der Waals surface area (Å²) in [7, 11) is -4.52. The van der Waals surface area contributed by atoms with E-state index in [1.807, 2.05) is 36.4 Å². The first kappa shape index (κ1) is 22.7. The lowest BCUT2D eigenvalue weighted by molar-refractivity contribution is 0.154. The van der Waals surface area contributed by atoms with E-state index in [1.165, 1.54) is 5.56 Å². The van der Waals surface area contributed by atoms with E-state index >= 15 is 0 Å². The van der Waals surface area contributed by atoms with Crippen LogP contribution in [0.1, 0.15) is 43.3 Å². The molecule has 0 radical (unpaired) electrons. The number of phosphoric ester groups is 1. The summed E-state index contributed by atoms with van der Waals surface area (Å²) in [5.41, 5.74) is 6.36. The molecule has 1 unspecified atom stereocenters. The monoisotopic (exact) mass is 425 g/mol. The highest BCUT2D eigenvalue weighted by molar-refractivity contribution is 7.46. The maximum atomic E-state index is 10.8. The molecule has 4 N–H and O–H groups in total.